The van der Waals surface area contributed by atoms with Crippen molar-refractivity contribution in [2.45, 2.75) is 6.92 Å². The van der Waals surface area contributed by atoms with E-state index in [0.717, 1.165) is 17.9 Å². The van der Waals surface area contributed by atoms with Crippen LogP contribution in [0.15, 0.2) is 30.3 Å². The van der Waals surface area contributed by atoms with Crippen LogP contribution in [0, 0.1) is 0 Å². The van der Waals surface area contributed by atoms with Gasteiger partial charge in [-0.25, -0.2) is 0 Å². The molecule has 1 N–H and O–H groups in total. The summed E-state index contributed by atoms with van der Waals surface area (Å²) in [7, 11) is 1.88. The summed E-state index contributed by atoms with van der Waals surface area (Å²) in [6.07, 6.45) is 3.33. The number of hydrogen-bond acceptors (Lipinski definition) is 3. The predicted molar refractivity (Wildman–Crippen MR) is 65.6 cm³/mol. The highest BCUT2D eigenvalue weighted by atomic mass is 16.5. The van der Waals surface area contributed by atoms with Gasteiger partial charge in [0.1, 0.15) is 12.4 Å². The summed E-state index contributed by atoms with van der Waals surface area (Å²) in [6.45, 7) is 2.98. The number of carbonyl (C=O) groups is 1. The second kappa shape index (κ2) is 6.80. The van der Waals surface area contributed by atoms with Gasteiger partial charge in [-0.05, 0) is 37.7 Å². The highest BCUT2D eigenvalue weighted by molar-refractivity contribution is 5.91. The first-order chi connectivity index (χ1) is 7.72. The fourth-order valence-corrected chi connectivity index (χ4v) is 1.19. The van der Waals surface area contributed by atoms with E-state index in [0.29, 0.717) is 6.61 Å². The van der Waals surface area contributed by atoms with Crippen molar-refractivity contribution in [1.82, 2.24) is 5.32 Å². The van der Waals surface area contributed by atoms with Crippen molar-refractivity contribution in [2.24, 2.45) is 0 Å². The summed E-state index contributed by atoms with van der Waals surface area (Å²) in [5, 5.41) is 3.01. The molecule has 3 nitrogen and oxygen atoms in total. The predicted octanol–water partition coefficient (Wildman–Crippen LogP) is 1.89. The largest absolute Gasteiger partial charge is 0.492 e. The Labute approximate surface area is 96.1 Å². The van der Waals surface area contributed by atoms with Crippen molar-refractivity contribution in [3.05, 3.63) is 35.9 Å². The van der Waals surface area contributed by atoms with Gasteiger partial charge in [0.15, 0.2) is 5.78 Å². The number of ketones is 1. The van der Waals surface area contributed by atoms with E-state index in [1.807, 2.05) is 31.3 Å². The Bertz CT molecular complexity index is 372. The molecule has 0 saturated carbocycles. The lowest BCUT2D eigenvalue weighted by Crippen LogP contribution is -2.15. The molecule has 0 aliphatic rings. The Kier molecular flexibility index (Phi) is 5.29. The summed E-state index contributed by atoms with van der Waals surface area (Å²) < 4.78 is 5.51. The first kappa shape index (κ1) is 12.5. The minimum absolute atomic E-state index is 0.0431. The van der Waals surface area contributed by atoms with E-state index in [1.165, 1.54) is 6.92 Å². The Morgan fingerprint density at radius 1 is 1.50 bits per heavy atom. The molecule has 0 aromatic heterocycles. The van der Waals surface area contributed by atoms with Crippen LogP contribution in [-0.2, 0) is 4.79 Å². The zero-order valence-electron chi connectivity index (χ0n) is 9.69. The van der Waals surface area contributed by atoms with Gasteiger partial charge in [-0.3, -0.25) is 4.79 Å². The van der Waals surface area contributed by atoms with E-state index < -0.39 is 0 Å². The van der Waals surface area contributed by atoms with Crippen LogP contribution in [0.25, 0.3) is 6.08 Å². The highest BCUT2D eigenvalue weighted by Gasteiger charge is 1.94. The van der Waals surface area contributed by atoms with Crippen LogP contribution in [0.3, 0.4) is 0 Å². The van der Waals surface area contributed by atoms with E-state index in [2.05, 4.69) is 5.32 Å². The number of carbonyl (C=O) groups excluding carboxylic acids is 1. The molecule has 0 bridgehead atoms. The van der Waals surface area contributed by atoms with Gasteiger partial charge >= 0.3 is 0 Å². The number of nitrogens with one attached hydrogen (secondary N) is 1. The average Bonchev–Trinajstić information content (AvgIpc) is 2.27. The summed E-state index contributed by atoms with van der Waals surface area (Å²) in [5.74, 6) is 0.863. The van der Waals surface area contributed by atoms with Crippen molar-refractivity contribution in [3.8, 4) is 5.75 Å². The Balaban J connectivity index is 2.60. The van der Waals surface area contributed by atoms with Crippen LogP contribution in [0.4, 0.5) is 0 Å². The fraction of sp³-hybridized carbons (Fsp3) is 0.308. The molecule has 1 aromatic carbocycles. The van der Waals surface area contributed by atoms with Gasteiger partial charge in [0.25, 0.3) is 0 Å². The van der Waals surface area contributed by atoms with E-state index in [-0.39, 0.29) is 5.78 Å². The number of benzene rings is 1. The van der Waals surface area contributed by atoms with Gasteiger partial charge in [-0.15, -0.1) is 0 Å². The number of likely N-dealkylation sites (N-methyl/N-ethyl adjacent to an activating group) is 1. The second-order valence-corrected chi connectivity index (χ2v) is 3.47. The summed E-state index contributed by atoms with van der Waals surface area (Å²) >= 11 is 0. The third-order valence-electron chi connectivity index (χ3n) is 1.99. The molecule has 0 radical (unpaired) electrons. The summed E-state index contributed by atoms with van der Waals surface area (Å²) in [6, 6.07) is 7.66. The molecule has 0 spiro atoms. The quantitative estimate of drug-likeness (QED) is 0.586. The molecule has 0 unspecified atom stereocenters. The smallest absolute Gasteiger partial charge is 0.152 e. The van der Waals surface area contributed by atoms with Gasteiger partial charge < -0.3 is 10.1 Å². The average molecular weight is 219 g/mol. The summed E-state index contributed by atoms with van der Waals surface area (Å²) in [5.41, 5.74) is 0.970. The van der Waals surface area contributed by atoms with Crippen LogP contribution in [0.1, 0.15) is 12.5 Å². The van der Waals surface area contributed by atoms with Gasteiger partial charge in [-0.2, -0.15) is 0 Å². The summed E-state index contributed by atoms with van der Waals surface area (Å²) in [4.78, 5) is 10.8. The van der Waals surface area contributed by atoms with Crippen molar-refractivity contribution in [1.29, 1.82) is 0 Å². The van der Waals surface area contributed by atoms with Crippen LogP contribution < -0.4 is 10.1 Å². The first-order valence-corrected chi connectivity index (χ1v) is 5.28. The lowest BCUT2D eigenvalue weighted by atomic mass is 10.2. The van der Waals surface area contributed by atoms with E-state index in [9.17, 15) is 4.79 Å². The normalized spacial score (nSPS) is 10.6. The molecule has 86 valence electrons. The number of rotatable bonds is 6. The first-order valence-electron chi connectivity index (χ1n) is 5.28. The Hall–Kier alpha value is -1.61. The van der Waals surface area contributed by atoms with Gasteiger partial charge in [-0.1, -0.05) is 18.2 Å². The zero-order valence-corrected chi connectivity index (χ0v) is 9.69. The maximum Gasteiger partial charge on any atom is 0.152 e. The standard InChI is InChI=1S/C13H17NO2/c1-11(15)6-7-12-4-3-5-13(10-12)16-9-8-14-2/h3-7,10,14H,8-9H2,1-2H3/b7-6+. The SMILES string of the molecule is CNCCOc1cccc(/C=C/C(C)=O)c1. The highest BCUT2D eigenvalue weighted by Crippen LogP contribution is 2.14. The monoisotopic (exact) mass is 219 g/mol. The molecule has 0 saturated heterocycles. The lowest BCUT2D eigenvalue weighted by Gasteiger charge is -2.05. The third-order valence-corrected chi connectivity index (χ3v) is 1.99. The molecule has 0 fully saturated rings. The maximum absolute atomic E-state index is 10.8. The van der Waals surface area contributed by atoms with Crippen LogP contribution in [0.5, 0.6) is 5.75 Å². The minimum Gasteiger partial charge on any atom is -0.492 e. The second-order valence-electron chi connectivity index (χ2n) is 3.47. The van der Waals surface area contributed by atoms with Crippen molar-refractivity contribution >= 4 is 11.9 Å². The van der Waals surface area contributed by atoms with Crippen molar-refractivity contribution in [2.75, 3.05) is 20.2 Å². The van der Waals surface area contributed by atoms with Crippen LogP contribution in [0.2, 0.25) is 0 Å². The number of allylic oxidation sites excluding steroid dienone is 1. The minimum atomic E-state index is 0.0431. The van der Waals surface area contributed by atoms with Crippen LogP contribution >= 0.6 is 0 Å². The van der Waals surface area contributed by atoms with Crippen molar-refractivity contribution < 1.29 is 9.53 Å². The maximum atomic E-state index is 10.8. The molecule has 0 atom stereocenters. The van der Waals surface area contributed by atoms with Crippen LogP contribution in [-0.4, -0.2) is 26.0 Å². The van der Waals surface area contributed by atoms with E-state index in [4.69, 9.17) is 4.74 Å². The van der Waals surface area contributed by atoms with E-state index in [1.54, 1.807) is 12.2 Å². The number of hydrogen-bond donors (Lipinski definition) is 1. The molecule has 0 heterocycles. The van der Waals surface area contributed by atoms with Gasteiger partial charge in [0.05, 0.1) is 0 Å². The number of ether oxygens (including phenoxy) is 1. The lowest BCUT2D eigenvalue weighted by molar-refractivity contribution is -0.112. The molecule has 0 aliphatic carbocycles. The molecule has 0 aliphatic heterocycles. The zero-order chi connectivity index (χ0) is 11.8. The van der Waals surface area contributed by atoms with Gasteiger partial charge in [0.2, 0.25) is 0 Å². The molecule has 1 aromatic rings. The fourth-order valence-electron chi connectivity index (χ4n) is 1.19. The third kappa shape index (κ3) is 4.75. The molecular formula is C13H17NO2. The molecule has 1 rings (SSSR count). The van der Waals surface area contributed by atoms with Gasteiger partial charge in [0, 0.05) is 6.54 Å². The van der Waals surface area contributed by atoms with Crippen molar-refractivity contribution in [3.63, 3.8) is 0 Å². The molecular weight excluding hydrogens is 202 g/mol. The topological polar surface area (TPSA) is 38.3 Å². The van der Waals surface area contributed by atoms with E-state index >= 15 is 0 Å². The molecule has 0 amide bonds. The molecule has 3 heteroatoms. The Morgan fingerprint density at radius 3 is 3.00 bits per heavy atom. The molecule has 16 heavy (non-hydrogen) atoms. The Morgan fingerprint density at radius 2 is 2.31 bits per heavy atom.